The number of pyridine rings is 1. The lowest BCUT2D eigenvalue weighted by atomic mass is 9.95. The molecule has 1 atom stereocenters. The van der Waals surface area contributed by atoms with Crippen molar-refractivity contribution in [1.82, 2.24) is 14.8 Å². The van der Waals surface area contributed by atoms with E-state index in [0.29, 0.717) is 24.5 Å². The minimum absolute atomic E-state index is 0.0299. The lowest BCUT2D eigenvalue weighted by Gasteiger charge is -2.37. The summed E-state index contributed by atoms with van der Waals surface area (Å²) in [6.07, 6.45) is 9.39. The second-order valence-electron chi connectivity index (χ2n) is 10.4. The van der Waals surface area contributed by atoms with Crippen LogP contribution in [0.5, 0.6) is 5.75 Å². The molecule has 0 spiro atoms. The van der Waals surface area contributed by atoms with Gasteiger partial charge in [-0.15, -0.1) is 0 Å². The smallest absolute Gasteiger partial charge is 0.258 e. The van der Waals surface area contributed by atoms with Crippen LogP contribution >= 0.6 is 0 Å². The Bertz CT molecular complexity index is 1250. The molecule has 3 aromatic rings. The molecule has 1 aromatic heterocycles. The maximum absolute atomic E-state index is 14.0. The highest BCUT2D eigenvalue weighted by Crippen LogP contribution is 2.29. The molecule has 7 nitrogen and oxygen atoms in total. The van der Waals surface area contributed by atoms with E-state index in [0.717, 1.165) is 69.3 Å². The summed E-state index contributed by atoms with van der Waals surface area (Å²) in [4.78, 5) is 35.9. The third-order valence-corrected chi connectivity index (χ3v) is 7.63. The van der Waals surface area contributed by atoms with Gasteiger partial charge in [-0.2, -0.15) is 0 Å². The van der Waals surface area contributed by atoms with Gasteiger partial charge in [0.05, 0.1) is 17.9 Å². The number of para-hydroxylation sites is 2. The number of nitrogens with zero attached hydrogens (tertiary/aromatic N) is 3. The molecule has 3 heterocycles. The largest absolute Gasteiger partial charge is 0.491 e. The van der Waals surface area contributed by atoms with Crippen molar-refractivity contribution in [1.29, 1.82) is 0 Å². The van der Waals surface area contributed by atoms with Crippen molar-refractivity contribution >= 4 is 23.3 Å². The molecule has 39 heavy (non-hydrogen) atoms. The van der Waals surface area contributed by atoms with E-state index in [1.54, 1.807) is 23.2 Å². The van der Waals surface area contributed by atoms with Gasteiger partial charge in [0, 0.05) is 25.3 Å². The number of amides is 2. The van der Waals surface area contributed by atoms with E-state index < -0.39 is 0 Å². The number of carbonyl (C=O) groups excluding carboxylic acids is 2. The van der Waals surface area contributed by atoms with Crippen molar-refractivity contribution in [3.63, 3.8) is 0 Å². The fourth-order valence-electron chi connectivity index (χ4n) is 5.55. The summed E-state index contributed by atoms with van der Waals surface area (Å²) in [5.41, 5.74) is 2.46. The number of nitrogens with one attached hydrogen (secondary N) is 1. The van der Waals surface area contributed by atoms with Crippen LogP contribution in [0.15, 0.2) is 72.9 Å². The fraction of sp³-hybridized carbons (Fsp3) is 0.406. The first-order valence-electron chi connectivity index (χ1n) is 14.3. The van der Waals surface area contributed by atoms with Gasteiger partial charge in [-0.1, -0.05) is 55.3 Å². The molecule has 0 saturated carbocycles. The van der Waals surface area contributed by atoms with Crippen molar-refractivity contribution in [2.24, 2.45) is 0 Å². The zero-order valence-electron chi connectivity index (χ0n) is 22.6. The molecule has 2 amide bonds. The van der Waals surface area contributed by atoms with Gasteiger partial charge >= 0.3 is 0 Å². The first kappa shape index (κ1) is 26.7. The SMILES string of the molecule is O=C1c2cccnc2Nc2ccccc2OCCCCCCN1CC(=O)N1CCCCC1Cc1ccccc1. The van der Waals surface area contributed by atoms with Crippen LogP contribution < -0.4 is 10.1 Å². The number of anilines is 2. The molecule has 204 valence electrons. The quantitative estimate of drug-likeness (QED) is 0.462. The van der Waals surface area contributed by atoms with E-state index in [-0.39, 0.29) is 24.4 Å². The van der Waals surface area contributed by atoms with Crippen LogP contribution in [-0.2, 0) is 11.2 Å². The number of rotatable bonds is 4. The van der Waals surface area contributed by atoms with Crippen LogP contribution in [0.4, 0.5) is 11.5 Å². The van der Waals surface area contributed by atoms with Gasteiger partial charge in [-0.05, 0) is 68.4 Å². The summed E-state index contributed by atoms with van der Waals surface area (Å²) in [7, 11) is 0. The molecule has 1 unspecified atom stereocenters. The number of hydrogen-bond donors (Lipinski definition) is 1. The third kappa shape index (κ3) is 6.96. The topological polar surface area (TPSA) is 74.8 Å². The molecule has 5 rings (SSSR count). The number of likely N-dealkylation sites (tertiary alicyclic amines) is 1. The minimum atomic E-state index is -0.175. The van der Waals surface area contributed by atoms with Gasteiger partial charge in [0.1, 0.15) is 18.1 Å². The Morgan fingerprint density at radius 2 is 1.69 bits per heavy atom. The number of fused-ring (bicyclic) bond motifs is 2. The lowest BCUT2D eigenvalue weighted by Crippen LogP contribution is -2.50. The monoisotopic (exact) mass is 526 g/mol. The highest BCUT2D eigenvalue weighted by atomic mass is 16.5. The maximum atomic E-state index is 14.0. The second-order valence-corrected chi connectivity index (χ2v) is 10.4. The van der Waals surface area contributed by atoms with Gasteiger partial charge in [0.2, 0.25) is 5.91 Å². The van der Waals surface area contributed by atoms with Gasteiger partial charge in [-0.25, -0.2) is 4.98 Å². The molecule has 0 bridgehead atoms. The number of aromatic nitrogens is 1. The van der Waals surface area contributed by atoms with Gasteiger partial charge in [-0.3, -0.25) is 9.59 Å². The zero-order chi connectivity index (χ0) is 26.9. The van der Waals surface area contributed by atoms with Crippen LogP contribution in [-0.4, -0.2) is 58.9 Å². The van der Waals surface area contributed by atoms with E-state index in [9.17, 15) is 9.59 Å². The summed E-state index contributed by atoms with van der Waals surface area (Å²) >= 11 is 0. The first-order valence-corrected chi connectivity index (χ1v) is 14.3. The average Bonchev–Trinajstić information content (AvgIpc) is 2.97. The first-order chi connectivity index (χ1) is 19.2. The Morgan fingerprint density at radius 3 is 2.59 bits per heavy atom. The summed E-state index contributed by atoms with van der Waals surface area (Å²) in [6.45, 7) is 1.99. The van der Waals surface area contributed by atoms with Crippen LogP contribution in [0.2, 0.25) is 0 Å². The van der Waals surface area contributed by atoms with Crippen molar-refractivity contribution < 1.29 is 14.3 Å². The van der Waals surface area contributed by atoms with Crippen molar-refractivity contribution in [2.45, 2.75) is 57.4 Å². The van der Waals surface area contributed by atoms with Crippen LogP contribution in [0.3, 0.4) is 0 Å². The van der Waals surface area contributed by atoms with Crippen LogP contribution in [0.25, 0.3) is 0 Å². The number of hydrogen-bond acceptors (Lipinski definition) is 5. The highest BCUT2D eigenvalue weighted by molar-refractivity contribution is 6.01. The molecule has 1 fully saturated rings. The Kier molecular flexibility index (Phi) is 9.09. The summed E-state index contributed by atoms with van der Waals surface area (Å²) in [5.74, 6) is 1.06. The minimum Gasteiger partial charge on any atom is -0.491 e. The predicted molar refractivity (Wildman–Crippen MR) is 153 cm³/mol. The predicted octanol–water partition coefficient (Wildman–Crippen LogP) is 5.84. The molecule has 0 radical (unpaired) electrons. The fourth-order valence-corrected chi connectivity index (χ4v) is 5.55. The summed E-state index contributed by atoms with van der Waals surface area (Å²) in [6, 6.07) is 21.8. The molecule has 2 aromatic carbocycles. The summed E-state index contributed by atoms with van der Waals surface area (Å²) < 4.78 is 6.03. The maximum Gasteiger partial charge on any atom is 0.258 e. The normalized spacial score (nSPS) is 18.7. The van der Waals surface area contributed by atoms with Gasteiger partial charge < -0.3 is 19.9 Å². The Hall–Kier alpha value is -3.87. The Balaban J connectivity index is 1.37. The van der Waals surface area contributed by atoms with E-state index in [1.165, 1.54) is 5.56 Å². The number of ether oxygens (including phenoxy) is 1. The van der Waals surface area contributed by atoms with Crippen molar-refractivity contribution in [3.05, 3.63) is 84.1 Å². The van der Waals surface area contributed by atoms with E-state index in [2.05, 4.69) is 22.4 Å². The van der Waals surface area contributed by atoms with Crippen molar-refractivity contribution in [3.8, 4) is 5.75 Å². The Morgan fingerprint density at radius 1 is 0.897 bits per heavy atom. The third-order valence-electron chi connectivity index (χ3n) is 7.63. The van der Waals surface area contributed by atoms with E-state index in [4.69, 9.17) is 4.74 Å². The molecule has 1 N–H and O–H groups in total. The van der Waals surface area contributed by atoms with E-state index >= 15 is 0 Å². The van der Waals surface area contributed by atoms with Crippen LogP contribution in [0.1, 0.15) is 60.9 Å². The van der Waals surface area contributed by atoms with E-state index in [1.807, 2.05) is 47.4 Å². The number of benzene rings is 2. The highest BCUT2D eigenvalue weighted by Gasteiger charge is 2.30. The average molecular weight is 527 g/mol. The molecule has 7 heteroatoms. The standard InChI is InChI=1S/C32H38N4O3/c37-30(36-21-10-8-15-26(36)23-25-13-4-3-5-14-25)24-35-20-9-1-2-11-22-39-29-18-7-6-17-28(29)34-31-27(32(35)38)16-12-19-33-31/h3-7,12-14,16-19,26H,1-2,8-11,15,20-24H2,(H,33,34). The molecule has 0 aliphatic carbocycles. The van der Waals surface area contributed by atoms with Gasteiger partial charge in [0.15, 0.2) is 0 Å². The molecular weight excluding hydrogens is 488 g/mol. The molecule has 2 aliphatic heterocycles. The summed E-state index contributed by atoms with van der Waals surface area (Å²) in [5, 5.41) is 3.32. The molecular formula is C32H38N4O3. The number of carbonyl (C=O) groups is 2. The molecule has 1 saturated heterocycles. The second kappa shape index (κ2) is 13.3. The van der Waals surface area contributed by atoms with Crippen molar-refractivity contribution in [2.75, 3.05) is 31.6 Å². The molecule has 2 aliphatic rings. The lowest BCUT2D eigenvalue weighted by molar-refractivity contribution is -0.135. The number of piperidine rings is 1. The van der Waals surface area contributed by atoms with Gasteiger partial charge in [0.25, 0.3) is 5.91 Å². The Labute approximate surface area is 231 Å². The zero-order valence-corrected chi connectivity index (χ0v) is 22.6. The van der Waals surface area contributed by atoms with Crippen LogP contribution in [0, 0.1) is 0 Å².